The molecule has 3 heteroatoms. The third kappa shape index (κ3) is 5.81. The van der Waals surface area contributed by atoms with Gasteiger partial charge in [0, 0.05) is 16.7 Å². The fourth-order valence-electron chi connectivity index (χ4n) is 3.04. The Morgan fingerprint density at radius 2 is 1.56 bits per heavy atom. The van der Waals surface area contributed by atoms with Crippen molar-refractivity contribution in [2.75, 3.05) is 19.1 Å². The first kappa shape index (κ1) is 19.9. The summed E-state index contributed by atoms with van der Waals surface area (Å²) in [4.78, 5) is 0. The second kappa shape index (κ2) is 11.3. The van der Waals surface area contributed by atoms with Gasteiger partial charge in [-0.05, 0) is 30.9 Å². The van der Waals surface area contributed by atoms with Gasteiger partial charge in [-0.1, -0.05) is 63.8 Å². The zero-order valence-corrected chi connectivity index (χ0v) is 16.4. The molecule has 0 spiro atoms. The van der Waals surface area contributed by atoms with Crippen LogP contribution in [0.3, 0.4) is 0 Å². The van der Waals surface area contributed by atoms with E-state index in [1.165, 1.54) is 31.2 Å². The van der Waals surface area contributed by atoms with Gasteiger partial charge in [0.15, 0.2) is 0 Å². The fraction of sp³-hybridized carbons (Fsp3) is 0.545. The lowest BCUT2D eigenvalue weighted by Gasteiger charge is -2.17. The SMILES string of the molecule is CCCCCCCOc1c(CC)cc(OCCCCl)c2ccccc12. The van der Waals surface area contributed by atoms with Crippen molar-refractivity contribution >= 4 is 22.4 Å². The van der Waals surface area contributed by atoms with Crippen LogP contribution in [0.5, 0.6) is 11.5 Å². The van der Waals surface area contributed by atoms with Crippen molar-refractivity contribution in [3.05, 3.63) is 35.9 Å². The number of hydrogen-bond acceptors (Lipinski definition) is 2. The van der Waals surface area contributed by atoms with Gasteiger partial charge in [0.25, 0.3) is 0 Å². The summed E-state index contributed by atoms with van der Waals surface area (Å²) in [6.07, 6.45) is 8.04. The summed E-state index contributed by atoms with van der Waals surface area (Å²) in [5.41, 5.74) is 1.22. The van der Waals surface area contributed by atoms with E-state index in [1.54, 1.807) is 0 Å². The first-order valence-electron chi connectivity index (χ1n) is 9.68. The van der Waals surface area contributed by atoms with Crippen LogP contribution in [0.25, 0.3) is 10.8 Å². The average molecular weight is 363 g/mol. The molecule has 0 aliphatic rings. The van der Waals surface area contributed by atoms with Gasteiger partial charge >= 0.3 is 0 Å². The van der Waals surface area contributed by atoms with E-state index in [1.807, 2.05) is 0 Å². The smallest absolute Gasteiger partial charge is 0.130 e. The summed E-state index contributed by atoms with van der Waals surface area (Å²) in [5, 5.41) is 2.27. The first-order valence-corrected chi connectivity index (χ1v) is 10.2. The summed E-state index contributed by atoms with van der Waals surface area (Å²) in [7, 11) is 0. The van der Waals surface area contributed by atoms with E-state index in [4.69, 9.17) is 21.1 Å². The zero-order valence-electron chi connectivity index (χ0n) is 15.7. The van der Waals surface area contributed by atoms with Crippen LogP contribution in [-0.4, -0.2) is 19.1 Å². The van der Waals surface area contributed by atoms with Gasteiger partial charge in [0.2, 0.25) is 0 Å². The Labute approximate surface area is 157 Å². The van der Waals surface area contributed by atoms with Crippen molar-refractivity contribution in [2.24, 2.45) is 0 Å². The molecule has 0 aliphatic heterocycles. The summed E-state index contributed by atoms with van der Waals surface area (Å²) in [6, 6.07) is 10.5. The fourth-order valence-corrected chi connectivity index (χ4v) is 3.15. The Hall–Kier alpha value is -1.41. The van der Waals surface area contributed by atoms with E-state index >= 15 is 0 Å². The number of halogens is 1. The maximum Gasteiger partial charge on any atom is 0.130 e. The molecule has 2 aromatic rings. The number of hydrogen-bond donors (Lipinski definition) is 0. The molecule has 0 amide bonds. The molecule has 0 saturated heterocycles. The molecule has 0 aliphatic carbocycles. The Kier molecular flexibility index (Phi) is 8.96. The predicted molar refractivity (Wildman–Crippen MR) is 108 cm³/mol. The van der Waals surface area contributed by atoms with E-state index < -0.39 is 0 Å². The molecule has 0 bridgehead atoms. The van der Waals surface area contributed by atoms with Gasteiger partial charge < -0.3 is 9.47 Å². The molecule has 0 atom stereocenters. The topological polar surface area (TPSA) is 18.5 Å². The van der Waals surface area contributed by atoms with Crippen molar-refractivity contribution in [3.63, 3.8) is 0 Å². The van der Waals surface area contributed by atoms with Gasteiger partial charge in [-0.25, -0.2) is 0 Å². The van der Waals surface area contributed by atoms with Gasteiger partial charge in [-0.2, -0.15) is 0 Å². The molecule has 2 rings (SSSR count). The Morgan fingerprint density at radius 3 is 2.28 bits per heavy atom. The van der Waals surface area contributed by atoms with Crippen molar-refractivity contribution in [3.8, 4) is 11.5 Å². The molecule has 2 aromatic carbocycles. The minimum Gasteiger partial charge on any atom is -0.493 e. The molecule has 0 saturated carbocycles. The highest BCUT2D eigenvalue weighted by atomic mass is 35.5. The monoisotopic (exact) mass is 362 g/mol. The second-order valence-corrected chi connectivity index (χ2v) is 6.79. The number of alkyl halides is 1. The first-order chi connectivity index (χ1) is 12.3. The van der Waals surface area contributed by atoms with Crippen LogP contribution in [0.2, 0.25) is 0 Å². The summed E-state index contributed by atoms with van der Waals surface area (Å²) >= 11 is 5.77. The Balaban J connectivity index is 2.16. The lowest BCUT2D eigenvalue weighted by atomic mass is 10.0. The molecule has 0 aromatic heterocycles. The quantitative estimate of drug-likeness (QED) is 0.306. The minimum absolute atomic E-state index is 0.623. The van der Waals surface area contributed by atoms with Crippen LogP contribution in [0.15, 0.2) is 30.3 Å². The molecular weight excluding hydrogens is 332 g/mol. The molecule has 0 heterocycles. The summed E-state index contributed by atoms with van der Waals surface area (Å²) in [5.74, 6) is 2.59. The standard InChI is InChI=1S/C22H31ClO2/c1-3-5-6-7-10-15-25-22-18(4-2)17-21(24-16-11-14-23)19-12-8-9-13-20(19)22/h8-9,12-13,17H,3-7,10-11,14-16H2,1-2H3. The van der Waals surface area contributed by atoms with Crippen LogP contribution >= 0.6 is 11.6 Å². The molecule has 0 fully saturated rings. The largest absolute Gasteiger partial charge is 0.493 e. The third-order valence-electron chi connectivity index (χ3n) is 4.44. The van der Waals surface area contributed by atoms with Crippen LogP contribution in [0.4, 0.5) is 0 Å². The van der Waals surface area contributed by atoms with Crippen LogP contribution in [-0.2, 0) is 6.42 Å². The highest BCUT2D eigenvalue weighted by Gasteiger charge is 2.13. The van der Waals surface area contributed by atoms with E-state index in [-0.39, 0.29) is 0 Å². The highest BCUT2D eigenvalue weighted by molar-refractivity contribution is 6.17. The maximum absolute atomic E-state index is 6.23. The van der Waals surface area contributed by atoms with Crippen molar-refractivity contribution in [1.82, 2.24) is 0 Å². The Bertz CT molecular complexity index is 639. The number of aryl methyl sites for hydroxylation is 1. The van der Waals surface area contributed by atoms with Gasteiger partial charge in [0.05, 0.1) is 13.2 Å². The van der Waals surface area contributed by atoms with E-state index in [9.17, 15) is 0 Å². The highest BCUT2D eigenvalue weighted by Crippen LogP contribution is 2.37. The van der Waals surface area contributed by atoms with E-state index in [0.717, 1.165) is 48.1 Å². The second-order valence-electron chi connectivity index (χ2n) is 6.42. The van der Waals surface area contributed by atoms with Crippen molar-refractivity contribution < 1.29 is 9.47 Å². The number of unbranched alkanes of at least 4 members (excludes halogenated alkanes) is 4. The zero-order chi connectivity index (χ0) is 17.9. The molecule has 0 N–H and O–H groups in total. The molecule has 0 unspecified atom stereocenters. The number of fused-ring (bicyclic) bond motifs is 1. The maximum atomic E-state index is 6.23. The van der Waals surface area contributed by atoms with Gasteiger partial charge in [-0.3, -0.25) is 0 Å². The van der Waals surface area contributed by atoms with E-state index in [2.05, 4.69) is 44.2 Å². The van der Waals surface area contributed by atoms with Crippen LogP contribution < -0.4 is 9.47 Å². The van der Waals surface area contributed by atoms with Crippen LogP contribution in [0, 0.1) is 0 Å². The van der Waals surface area contributed by atoms with E-state index in [0.29, 0.717) is 12.5 Å². The normalized spacial score (nSPS) is 11.0. The van der Waals surface area contributed by atoms with Gasteiger partial charge in [-0.15, -0.1) is 11.6 Å². The molecule has 0 radical (unpaired) electrons. The summed E-state index contributed by atoms with van der Waals surface area (Å²) < 4.78 is 12.2. The lowest BCUT2D eigenvalue weighted by Crippen LogP contribution is -2.03. The third-order valence-corrected chi connectivity index (χ3v) is 4.71. The van der Waals surface area contributed by atoms with Crippen molar-refractivity contribution in [1.29, 1.82) is 0 Å². The number of ether oxygens (including phenoxy) is 2. The molecule has 138 valence electrons. The average Bonchev–Trinajstić information content (AvgIpc) is 2.65. The predicted octanol–water partition coefficient (Wildman–Crippen LogP) is 6.76. The lowest BCUT2D eigenvalue weighted by molar-refractivity contribution is 0.302. The molecular formula is C22H31ClO2. The minimum atomic E-state index is 0.623. The Morgan fingerprint density at radius 1 is 0.840 bits per heavy atom. The van der Waals surface area contributed by atoms with Crippen LogP contribution in [0.1, 0.15) is 57.9 Å². The van der Waals surface area contributed by atoms with Gasteiger partial charge in [0.1, 0.15) is 11.5 Å². The molecule has 25 heavy (non-hydrogen) atoms. The number of rotatable bonds is 12. The number of benzene rings is 2. The molecule has 2 nitrogen and oxygen atoms in total. The summed E-state index contributed by atoms with van der Waals surface area (Å²) in [6.45, 7) is 5.84. The van der Waals surface area contributed by atoms with Crippen molar-refractivity contribution in [2.45, 2.75) is 58.8 Å².